The van der Waals surface area contributed by atoms with Crippen LogP contribution in [0.1, 0.15) is 53.4 Å². The molecule has 1 N–H and O–H groups in total. The number of nitrogens with one attached hydrogen (secondary N) is 1. The van der Waals surface area contributed by atoms with Crippen LogP contribution in [0.25, 0.3) is 0 Å². The number of carbonyl (C=O) groups excluding carboxylic acids is 1. The van der Waals surface area contributed by atoms with Crippen molar-refractivity contribution >= 4 is 21.6 Å². The number of anilines is 1. The molecule has 6 heteroatoms. The van der Waals surface area contributed by atoms with Crippen molar-refractivity contribution in [2.75, 3.05) is 10.6 Å². The van der Waals surface area contributed by atoms with Gasteiger partial charge in [-0.05, 0) is 60.2 Å². The number of amides is 1. The smallest absolute Gasteiger partial charge is 0.251 e. The van der Waals surface area contributed by atoms with E-state index in [9.17, 15) is 13.2 Å². The number of carbonyl (C=O) groups is 1. The van der Waals surface area contributed by atoms with Gasteiger partial charge in [0.2, 0.25) is 10.0 Å². The summed E-state index contributed by atoms with van der Waals surface area (Å²) in [6, 6.07) is 24.3. The average molecular weight is 465 g/mol. The van der Waals surface area contributed by atoms with Crippen molar-refractivity contribution in [2.24, 2.45) is 5.92 Å². The zero-order valence-corrected chi connectivity index (χ0v) is 20.5. The number of rotatable bonds is 9. The number of benzene rings is 3. The van der Waals surface area contributed by atoms with E-state index in [1.54, 1.807) is 24.3 Å². The lowest BCUT2D eigenvalue weighted by Crippen LogP contribution is -2.30. The van der Waals surface area contributed by atoms with Crippen molar-refractivity contribution in [3.8, 4) is 0 Å². The molecular weight excluding hydrogens is 432 g/mol. The largest absolute Gasteiger partial charge is 0.345 e. The van der Waals surface area contributed by atoms with Crippen LogP contribution in [0.4, 0.5) is 5.69 Å². The highest BCUT2D eigenvalue weighted by atomic mass is 32.2. The highest BCUT2D eigenvalue weighted by Gasteiger charge is 2.20. The van der Waals surface area contributed by atoms with Crippen molar-refractivity contribution in [3.05, 3.63) is 101 Å². The molecule has 0 radical (unpaired) electrons. The Balaban J connectivity index is 1.81. The van der Waals surface area contributed by atoms with Crippen LogP contribution in [0.15, 0.2) is 78.9 Å². The fourth-order valence-electron chi connectivity index (χ4n) is 3.80. The van der Waals surface area contributed by atoms with Crippen LogP contribution in [-0.2, 0) is 16.6 Å². The molecule has 0 fully saturated rings. The Morgan fingerprint density at radius 2 is 1.52 bits per heavy atom. The number of hydrogen-bond acceptors (Lipinski definition) is 3. The fraction of sp³-hybridized carbons (Fsp3) is 0.296. The van der Waals surface area contributed by atoms with Crippen LogP contribution in [0.2, 0.25) is 0 Å². The third-order valence-electron chi connectivity index (χ3n) is 5.61. The first-order valence-electron chi connectivity index (χ1n) is 11.1. The van der Waals surface area contributed by atoms with E-state index >= 15 is 0 Å². The summed E-state index contributed by atoms with van der Waals surface area (Å²) in [5.41, 5.74) is 4.05. The molecule has 0 bridgehead atoms. The molecule has 5 nitrogen and oxygen atoms in total. The molecule has 0 saturated carbocycles. The van der Waals surface area contributed by atoms with Crippen LogP contribution in [-0.4, -0.2) is 20.6 Å². The van der Waals surface area contributed by atoms with E-state index in [-0.39, 0.29) is 18.5 Å². The summed E-state index contributed by atoms with van der Waals surface area (Å²) >= 11 is 0. The predicted octanol–water partition coefficient (Wildman–Crippen LogP) is 5.48. The predicted molar refractivity (Wildman–Crippen MR) is 135 cm³/mol. The first kappa shape index (κ1) is 24.5. The quantitative estimate of drug-likeness (QED) is 0.456. The van der Waals surface area contributed by atoms with Crippen molar-refractivity contribution < 1.29 is 13.2 Å². The standard InChI is InChI=1S/C27H32N2O3S/c1-20(2)18-26(22-11-6-5-7-12-22)28-27(30)23-14-16-25(17-15-23)29(33(4,31)32)19-24-13-9-8-10-21(24)3/h5-17,20,26H,18-19H2,1-4H3,(H,28,30)/t26-/m0/s1. The molecular formula is C27H32N2O3S. The van der Waals surface area contributed by atoms with Gasteiger partial charge in [-0.15, -0.1) is 0 Å². The number of hydrogen-bond donors (Lipinski definition) is 1. The summed E-state index contributed by atoms with van der Waals surface area (Å²) < 4.78 is 26.4. The lowest BCUT2D eigenvalue weighted by atomic mass is 9.96. The van der Waals surface area contributed by atoms with Crippen molar-refractivity contribution in [3.63, 3.8) is 0 Å². The van der Waals surface area contributed by atoms with Gasteiger partial charge in [0.05, 0.1) is 24.5 Å². The highest BCUT2D eigenvalue weighted by molar-refractivity contribution is 7.92. The fourth-order valence-corrected chi connectivity index (χ4v) is 4.68. The van der Waals surface area contributed by atoms with Gasteiger partial charge in [-0.2, -0.15) is 0 Å². The molecule has 0 aliphatic carbocycles. The molecule has 3 aromatic rings. The van der Waals surface area contributed by atoms with E-state index in [0.29, 0.717) is 17.2 Å². The van der Waals surface area contributed by atoms with Gasteiger partial charge in [-0.25, -0.2) is 8.42 Å². The lowest BCUT2D eigenvalue weighted by Gasteiger charge is -2.24. The van der Waals surface area contributed by atoms with Gasteiger partial charge in [-0.3, -0.25) is 9.10 Å². The number of aryl methyl sites for hydroxylation is 1. The van der Waals surface area contributed by atoms with Crippen LogP contribution >= 0.6 is 0 Å². The third kappa shape index (κ3) is 6.68. The number of sulfonamides is 1. The second kappa shape index (κ2) is 10.7. The Morgan fingerprint density at radius 1 is 0.909 bits per heavy atom. The minimum atomic E-state index is -3.50. The SMILES string of the molecule is Cc1ccccc1CN(c1ccc(C(=O)N[C@@H](CC(C)C)c2ccccc2)cc1)S(C)(=O)=O. The lowest BCUT2D eigenvalue weighted by molar-refractivity contribution is 0.0932. The van der Waals surface area contributed by atoms with Crippen molar-refractivity contribution in [1.29, 1.82) is 0 Å². The van der Waals surface area contributed by atoms with Gasteiger partial charge in [0.15, 0.2) is 0 Å². The maximum Gasteiger partial charge on any atom is 0.251 e. The highest BCUT2D eigenvalue weighted by Crippen LogP contribution is 2.24. The molecule has 33 heavy (non-hydrogen) atoms. The van der Waals surface area contributed by atoms with Gasteiger partial charge in [0, 0.05) is 5.56 Å². The van der Waals surface area contributed by atoms with Crippen LogP contribution in [0.5, 0.6) is 0 Å². The summed E-state index contributed by atoms with van der Waals surface area (Å²) in [6.45, 7) is 6.46. The van der Waals surface area contributed by atoms with Gasteiger partial charge in [-0.1, -0.05) is 68.4 Å². The molecule has 0 saturated heterocycles. The van der Waals surface area contributed by atoms with Crippen molar-refractivity contribution in [2.45, 2.75) is 39.8 Å². The van der Waals surface area contributed by atoms with Crippen molar-refractivity contribution in [1.82, 2.24) is 5.32 Å². The van der Waals surface area contributed by atoms with E-state index < -0.39 is 10.0 Å². The second-order valence-corrected chi connectivity index (χ2v) is 10.7. The van der Waals surface area contributed by atoms with Gasteiger partial charge in [0.25, 0.3) is 5.91 Å². The Morgan fingerprint density at radius 3 is 2.09 bits per heavy atom. The Labute approximate surface area is 197 Å². The molecule has 3 aromatic carbocycles. The molecule has 1 atom stereocenters. The molecule has 0 heterocycles. The molecule has 0 aromatic heterocycles. The minimum Gasteiger partial charge on any atom is -0.345 e. The summed E-state index contributed by atoms with van der Waals surface area (Å²) in [5, 5.41) is 3.14. The van der Waals surface area contributed by atoms with E-state index in [4.69, 9.17) is 0 Å². The zero-order chi connectivity index (χ0) is 24.0. The molecule has 174 valence electrons. The minimum absolute atomic E-state index is 0.0908. The molecule has 3 rings (SSSR count). The maximum atomic E-state index is 13.0. The molecule has 0 aliphatic rings. The van der Waals surface area contributed by atoms with E-state index in [1.807, 2.05) is 61.5 Å². The third-order valence-corrected chi connectivity index (χ3v) is 6.75. The Hall–Kier alpha value is -3.12. The summed E-state index contributed by atoms with van der Waals surface area (Å²) in [6.07, 6.45) is 2.02. The summed E-state index contributed by atoms with van der Waals surface area (Å²) in [5.74, 6) is 0.239. The number of nitrogens with zero attached hydrogens (tertiary/aromatic N) is 1. The Bertz CT molecular complexity index is 1170. The average Bonchev–Trinajstić information content (AvgIpc) is 2.77. The van der Waals surface area contributed by atoms with Gasteiger partial charge < -0.3 is 5.32 Å². The summed E-state index contributed by atoms with van der Waals surface area (Å²) in [7, 11) is -3.50. The Kier molecular flexibility index (Phi) is 7.92. The zero-order valence-electron chi connectivity index (χ0n) is 19.7. The molecule has 0 spiro atoms. The van der Waals surface area contributed by atoms with E-state index in [1.165, 1.54) is 10.6 Å². The van der Waals surface area contributed by atoms with E-state index in [2.05, 4.69) is 19.2 Å². The van der Waals surface area contributed by atoms with Crippen LogP contribution < -0.4 is 9.62 Å². The van der Waals surface area contributed by atoms with Crippen LogP contribution in [0.3, 0.4) is 0 Å². The molecule has 1 amide bonds. The monoisotopic (exact) mass is 464 g/mol. The van der Waals surface area contributed by atoms with Crippen LogP contribution in [0, 0.1) is 12.8 Å². The first-order chi connectivity index (χ1) is 15.6. The molecule has 0 aliphatic heterocycles. The van der Waals surface area contributed by atoms with Gasteiger partial charge in [0.1, 0.15) is 0 Å². The first-order valence-corrected chi connectivity index (χ1v) is 13.0. The second-order valence-electron chi connectivity index (χ2n) is 8.81. The summed E-state index contributed by atoms with van der Waals surface area (Å²) in [4.78, 5) is 13.0. The topological polar surface area (TPSA) is 66.5 Å². The normalized spacial score (nSPS) is 12.4. The van der Waals surface area contributed by atoms with Gasteiger partial charge >= 0.3 is 0 Å². The molecule has 0 unspecified atom stereocenters. The van der Waals surface area contributed by atoms with E-state index in [0.717, 1.165) is 23.1 Å². The maximum absolute atomic E-state index is 13.0.